The fourth-order valence-electron chi connectivity index (χ4n) is 5.59. The first-order valence-electron chi connectivity index (χ1n) is 12.7. The minimum Gasteiger partial charge on any atom is -0.273 e. The molecule has 0 radical (unpaired) electrons. The Bertz CT molecular complexity index is 2010. The number of fused-ring (bicyclic) bond motifs is 5. The molecule has 0 saturated carbocycles. The lowest BCUT2D eigenvalue weighted by molar-refractivity contribution is 0.0593. The van der Waals surface area contributed by atoms with Gasteiger partial charge in [0.1, 0.15) is 5.69 Å². The van der Waals surface area contributed by atoms with Crippen molar-refractivity contribution in [2.24, 2.45) is 0 Å². The maximum atomic E-state index is 14.0. The smallest absolute Gasteiger partial charge is 0.273 e. The van der Waals surface area contributed by atoms with E-state index in [2.05, 4.69) is 0 Å². The summed E-state index contributed by atoms with van der Waals surface area (Å²) in [5, 5.41) is 5.14. The van der Waals surface area contributed by atoms with E-state index in [1.54, 1.807) is 36.4 Å². The minimum atomic E-state index is -0.490. The topological polar surface area (TPSA) is 59.4 Å². The lowest BCUT2D eigenvalue weighted by Crippen LogP contribution is -2.43. The van der Waals surface area contributed by atoms with E-state index in [1.165, 1.54) is 9.47 Å². The van der Waals surface area contributed by atoms with Crippen molar-refractivity contribution in [2.45, 2.75) is 6.42 Å². The van der Waals surface area contributed by atoms with Crippen molar-refractivity contribution in [1.29, 1.82) is 0 Å². The van der Waals surface area contributed by atoms with Crippen molar-refractivity contribution in [3.05, 3.63) is 131 Å². The van der Waals surface area contributed by atoms with Crippen LogP contribution in [0.1, 0.15) is 36.8 Å². The van der Waals surface area contributed by atoms with E-state index in [1.807, 2.05) is 66.7 Å². The van der Waals surface area contributed by atoms with Crippen LogP contribution in [-0.2, 0) is 6.42 Å². The van der Waals surface area contributed by atoms with Gasteiger partial charge in [0.15, 0.2) is 0 Å². The van der Waals surface area contributed by atoms with Crippen LogP contribution in [0.5, 0.6) is 0 Å². The summed E-state index contributed by atoms with van der Waals surface area (Å²) in [5.41, 5.74) is 2.42. The van der Waals surface area contributed by atoms with E-state index >= 15 is 0 Å². The van der Waals surface area contributed by atoms with Gasteiger partial charge >= 0.3 is 0 Å². The Morgan fingerprint density at radius 1 is 0.667 bits per heavy atom. The van der Waals surface area contributed by atoms with E-state index in [0.29, 0.717) is 28.1 Å². The Morgan fingerprint density at radius 2 is 1.26 bits per heavy atom. The molecule has 1 aliphatic heterocycles. The van der Waals surface area contributed by atoms with Crippen molar-refractivity contribution in [3.63, 3.8) is 0 Å². The molecule has 0 N–H and O–H groups in total. The molecule has 0 atom stereocenters. The van der Waals surface area contributed by atoms with Crippen molar-refractivity contribution >= 4 is 61.8 Å². The van der Waals surface area contributed by atoms with Gasteiger partial charge in [-0.05, 0) is 76.0 Å². The maximum Gasteiger partial charge on any atom is 0.278 e. The van der Waals surface area contributed by atoms with Gasteiger partial charge in [-0.15, -0.1) is 0 Å². The highest BCUT2D eigenvalue weighted by atomic mass is 35.5. The molecular weight excluding hydrogens is 508 g/mol. The second-order valence-corrected chi connectivity index (χ2v) is 10.2. The van der Waals surface area contributed by atoms with Gasteiger partial charge in [-0.25, -0.2) is 0 Å². The summed E-state index contributed by atoms with van der Waals surface area (Å²) >= 11 is 6.33. The fourth-order valence-corrected chi connectivity index (χ4v) is 5.77. The number of hydrogen-bond donors (Lipinski definition) is 0. The van der Waals surface area contributed by atoms with Crippen molar-refractivity contribution in [1.82, 2.24) is 9.47 Å². The second kappa shape index (κ2) is 8.93. The van der Waals surface area contributed by atoms with Crippen LogP contribution >= 0.6 is 11.6 Å². The van der Waals surface area contributed by atoms with Crippen molar-refractivity contribution in [3.8, 4) is 0 Å². The van der Waals surface area contributed by atoms with Crippen LogP contribution in [0.25, 0.3) is 32.4 Å². The SMILES string of the molecule is O=C(c1ccc2ccccc2c1)N1CCc2c(n(C(=O)c3ccc4ccccc4c3)c3ccc(Cl)cc23)C1=O. The maximum absolute atomic E-state index is 14.0. The molecule has 0 spiro atoms. The third-order valence-electron chi connectivity index (χ3n) is 7.51. The molecule has 2 amide bonds. The average Bonchev–Trinajstić information content (AvgIpc) is 3.30. The summed E-state index contributed by atoms with van der Waals surface area (Å²) in [6, 6.07) is 31.7. The third-order valence-corrected chi connectivity index (χ3v) is 7.74. The zero-order valence-electron chi connectivity index (χ0n) is 20.7. The Labute approximate surface area is 228 Å². The number of nitrogens with zero attached hydrogens (tertiary/aromatic N) is 2. The molecule has 188 valence electrons. The van der Waals surface area contributed by atoms with Gasteiger partial charge in [-0.1, -0.05) is 72.3 Å². The predicted octanol–water partition coefficient (Wildman–Crippen LogP) is 7.13. The first kappa shape index (κ1) is 23.4. The van der Waals surface area contributed by atoms with Crippen LogP contribution in [0.15, 0.2) is 103 Å². The summed E-state index contributed by atoms with van der Waals surface area (Å²) in [4.78, 5) is 42.9. The molecule has 0 saturated heterocycles. The van der Waals surface area contributed by atoms with Gasteiger partial charge in [0.2, 0.25) is 0 Å². The lowest BCUT2D eigenvalue weighted by Gasteiger charge is -2.26. The van der Waals surface area contributed by atoms with Gasteiger partial charge in [0.25, 0.3) is 17.7 Å². The molecule has 7 rings (SSSR count). The van der Waals surface area contributed by atoms with Gasteiger partial charge in [0.05, 0.1) is 5.52 Å². The molecule has 1 aliphatic rings. The number of aromatic nitrogens is 1. The normalized spacial score (nSPS) is 13.3. The molecule has 6 aromatic rings. The zero-order chi connectivity index (χ0) is 26.7. The molecule has 0 bridgehead atoms. The highest BCUT2D eigenvalue weighted by Crippen LogP contribution is 2.34. The minimum absolute atomic E-state index is 0.214. The highest BCUT2D eigenvalue weighted by molar-refractivity contribution is 6.31. The van der Waals surface area contributed by atoms with Crippen molar-refractivity contribution < 1.29 is 14.4 Å². The quantitative estimate of drug-likeness (QED) is 0.225. The predicted molar refractivity (Wildman–Crippen MR) is 154 cm³/mol. The third kappa shape index (κ3) is 3.74. The summed E-state index contributed by atoms with van der Waals surface area (Å²) in [5.74, 6) is -1.21. The van der Waals surface area contributed by atoms with Crippen LogP contribution in [0, 0.1) is 0 Å². The molecule has 1 aromatic heterocycles. The first-order valence-corrected chi connectivity index (χ1v) is 13.1. The van der Waals surface area contributed by atoms with E-state index in [-0.39, 0.29) is 24.1 Å². The Morgan fingerprint density at radius 3 is 1.90 bits per heavy atom. The Kier molecular flexibility index (Phi) is 5.35. The van der Waals surface area contributed by atoms with E-state index < -0.39 is 5.91 Å². The highest BCUT2D eigenvalue weighted by Gasteiger charge is 2.36. The van der Waals surface area contributed by atoms with Crippen molar-refractivity contribution in [2.75, 3.05) is 6.54 Å². The van der Waals surface area contributed by atoms with Crippen LogP contribution < -0.4 is 0 Å². The monoisotopic (exact) mass is 528 g/mol. The summed E-state index contributed by atoms with van der Waals surface area (Å²) < 4.78 is 1.45. The molecular formula is C33H21ClN2O3. The van der Waals surface area contributed by atoms with E-state index in [0.717, 1.165) is 32.5 Å². The van der Waals surface area contributed by atoms with Gasteiger partial charge in [0, 0.05) is 28.1 Å². The standard InChI is InChI=1S/C33H21ClN2O3/c34-26-13-14-29-28(19-26)27-15-16-35(31(37)24-11-9-20-5-1-3-7-22(20)17-24)33(39)30(27)36(29)32(38)25-12-10-21-6-2-4-8-23(21)18-25/h1-14,17-19H,15-16H2. The Hall–Kier alpha value is -4.74. The molecule has 5 nitrogen and oxygen atoms in total. The van der Waals surface area contributed by atoms with Gasteiger partial charge < -0.3 is 0 Å². The molecule has 0 unspecified atom stereocenters. The zero-order valence-corrected chi connectivity index (χ0v) is 21.5. The fraction of sp³-hybridized carbons (Fsp3) is 0.0606. The molecule has 6 heteroatoms. The first-order chi connectivity index (χ1) is 19.0. The summed E-state index contributed by atoms with van der Waals surface area (Å²) in [6.07, 6.45) is 0.426. The second-order valence-electron chi connectivity index (χ2n) is 9.76. The van der Waals surface area contributed by atoms with E-state index in [9.17, 15) is 14.4 Å². The molecule has 0 fully saturated rings. The van der Waals surface area contributed by atoms with Gasteiger partial charge in [-0.3, -0.25) is 23.9 Å². The summed E-state index contributed by atoms with van der Waals surface area (Å²) in [7, 11) is 0. The van der Waals surface area contributed by atoms with Crippen LogP contribution in [0.4, 0.5) is 0 Å². The molecule has 5 aromatic carbocycles. The van der Waals surface area contributed by atoms with Crippen LogP contribution in [0.3, 0.4) is 0 Å². The summed E-state index contributed by atoms with van der Waals surface area (Å²) in [6.45, 7) is 0.216. The number of benzene rings is 5. The average molecular weight is 529 g/mol. The molecule has 2 heterocycles. The number of carbonyl (C=O) groups excluding carboxylic acids is 3. The molecule has 0 aliphatic carbocycles. The number of halogens is 1. The largest absolute Gasteiger partial charge is 0.278 e. The van der Waals surface area contributed by atoms with Crippen LogP contribution in [-0.4, -0.2) is 33.7 Å². The molecule has 39 heavy (non-hydrogen) atoms. The number of amides is 2. The number of rotatable bonds is 2. The van der Waals surface area contributed by atoms with Crippen LogP contribution in [0.2, 0.25) is 5.02 Å². The van der Waals surface area contributed by atoms with E-state index in [4.69, 9.17) is 11.6 Å². The lowest BCUT2D eigenvalue weighted by atomic mass is 10.0. The number of imide groups is 1. The van der Waals surface area contributed by atoms with Gasteiger partial charge in [-0.2, -0.15) is 0 Å². The number of carbonyl (C=O) groups is 3. The Balaban J connectivity index is 1.36. The number of hydrogen-bond acceptors (Lipinski definition) is 3.